The molecular weight excluding hydrogens is 278 g/mol. The van der Waals surface area contributed by atoms with Gasteiger partial charge in [0.2, 0.25) is 5.91 Å². The first-order valence-electron chi connectivity index (χ1n) is 7.17. The maximum Gasteiger partial charge on any atom is 0.253 e. The van der Waals surface area contributed by atoms with E-state index in [1.807, 2.05) is 38.1 Å². The summed E-state index contributed by atoms with van der Waals surface area (Å²) >= 11 is 0. The van der Waals surface area contributed by atoms with Gasteiger partial charge in [-0.25, -0.2) is 0 Å². The van der Waals surface area contributed by atoms with Crippen LogP contribution in [0.2, 0.25) is 0 Å². The molecule has 5 nitrogen and oxygen atoms in total. The van der Waals surface area contributed by atoms with E-state index in [4.69, 9.17) is 0 Å². The molecule has 0 saturated heterocycles. The van der Waals surface area contributed by atoms with Crippen LogP contribution in [0.25, 0.3) is 0 Å². The largest absolute Gasteiger partial charge is 0.343 e. The molecule has 0 aliphatic rings. The van der Waals surface area contributed by atoms with Gasteiger partial charge in [-0.1, -0.05) is 12.1 Å². The summed E-state index contributed by atoms with van der Waals surface area (Å²) in [5.74, 6) is -0.452. The smallest absolute Gasteiger partial charge is 0.253 e. The van der Waals surface area contributed by atoms with Crippen molar-refractivity contribution in [2.45, 2.75) is 13.8 Å². The molecule has 0 aliphatic heterocycles. The van der Waals surface area contributed by atoms with Gasteiger partial charge < -0.3 is 10.2 Å². The fraction of sp³-hybridized carbons (Fsp3) is 0.235. The number of nitrogens with one attached hydrogen (secondary N) is 1. The lowest BCUT2D eigenvalue weighted by molar-refractivity contribution is -0.117. The SMILES string of the molecule is CCN(C(=O)CNC(=O)c1cccnc1)c1cccc(C)c1. The number of pyridine rings is 1. The molecule has 0 bridgehead atoms. The molecule has 1 aromatic carbocycles. The minimum atomic E-state index is -0.304. The zero-order valence-corrected chi connectivity index (χ0v) is 12.7. The Balaban J connectivity index is 2.00. The van der Waals surface area contributed by atoms with Gasteiger partial charge in [-0.3, -0.25) is 14.6 Å². The van der Waals surface area contributed by atoms with Gasteiger partial charge in [-0.2, -0.15) is 0 Å². The third-order valence-corrected chi connectivity index (χ3v) is 3.25. The highest BCUT2D eigenvalue weighted by atomic mass is 16.2. The number of likely N-dealkylation sites (N-methyl/N-ethyl adjacent to an activating group) is 1. The molecule has 0 radical (unpaired) electrons. The summed E-state index contributed by atoms with van der Waals surface area (Å²) in [6, 6.07) is 11.1. The molecule has 0 unspecified atom stereocenters. The predicted molar refractivity (Wildman–Crippen MR) is 85.8 cm³/mol. The maximum absolute atomic E-state index is 12.3. The molecule has 2 rings (SSSR count). The van der Waals surface area contributed by atoms with E-state index in [1.165, 1.54) is 6.20 Å². The Kier molecular flexibility index (Phi) is 5.25. The lowest BCUT2D eigenvalue weighted by Crippen LogP contribution is -2.40. The van der Waals surface area contributed by atoms with Gasteiger partial charge in [0, 0.05) is 24.6 Å². The van der Waals surface area contributed by atoms with Crippen molar-refractivity contribution in [1.29, 1.82) is 0 Å². The first kappa shape index (κ1) is 15.7. The van der Waals surface area contributed by atoms with Gasteiger partial charge in [0.05, 0.1) is 12.1 Å². The minimum Gasteiger partial charge on any atom is -0.343 e. The van der Waals surface area contributed by atoms with Crippen molar-refractivity contribution in [3.05, 3.63) is 59.9 Å². The summed E-state index contributed by atoms with van der Waals surface area (Å²) in [7, 11) is 0. The lowest BCUT2D eigenvalue weighted by atomic mass is 10.2. The van der Waals surface area contributed by atoms with Crippen LogP contribution >= 0.6 is 0 Å². The standard InChI is InChI=1S/C17H19N3O2/c1-3-20(15-8-4-6-13(2)10-15)16(21)12-19-17(22)14-7-5-9-18-11-14/h4-11H,3,12H2,1-2H3,(H,19,22). The van der Waals surface area contributed by atoms with Crippen LogP contribution in [0.1, 0.15) is 22.8 Å². The van der Waals surface area contributed by atoms with Crippen LogP contribution in [-0.2, 0) is 4.79 Å². The molecular formula is C17H19N3O2. The van der Waals surface area contributed by atoms with Gasteiger partial charge in [-0.05, 0) is 43.7 Å². The zero-order chi connectivity index (χ0) is 15.9. The lowest BCUT2D eigenvalue weighted by Gasteiger charge is -2.21. The van der Waals surface area contributed by atoms with E-state index < -0.39 is 0 Å². The molecule has 0 saturated carbocycles. The van der Waals surface area contributed by atoms with Crippen LogP contribution < -0.4 is 10.2 Å². The summed E-state index contributed by atoms with van der Waals surface area (Å²) in [6.45, 7) is 4.38. The Hall–Kier alpha value is -2.69. The monoisotopic (exact) mass is 297 g/mol. The number of rotatable bonds is 5. The van der Waals surface area contributed by atoms with Crippen LogP contribution in [0.4, 0.5) is 5.69 Å². The van der Waals surface area contributed by atoms with E-state index in [-0.39, 0.29) is 18.4 Å². The second-order valence-electron chi connectivity index (χ2n) is 4.90. The molecule has 2 amide bonds. The first-order chi connectivity index (χ1) is 10.6. The van der Waals surface area contributed by atoms with E-state index in [2.05, 4.69) is 10.3 Å². The molecule has 2 aromatic rings. The molecule has 1 heterocycles. The second-order valence-corrected chi connectivity index (χ2v) is 4.90. The normalized spacial score (nSPS) is 10.1. The number of anilines is 1. The van der Waals surface area contributed by atoms with Crippen molar-refractivity contribution in [3.8, 4) is 0 Å². The van der Waals surface area contributed by atoms with Crippen molar-refractivity contribution in [2.75, 3.05) is 18.0 Å². The highest BCUT2D eigenvalue weighted by Crippen LogP contribution is 2.15. The third kappa shape index (κ3) is 3.91. The molecule has 22 heavy (non-hydrogen) atoms. The van der Waals surface area contributed by atoms with Crippen molar-refractivity contribution >= 4 is 17.5 Å². The Labute approximate surface area is 130 Å². The van der Waals surface area contributed by atoms with Crippen LogP contribution in [0, 0.1) is 6.92 Å². The highest BCUT2D eigenvalue weighted by Gasteiger charge is 2.15. The van der Waals surface area contributed by atoms with Gasteiger partial charge in [0.1, 0.15) is 0 Å². The van der Waals surface area contributed by atoms with Crippen molar-refractivity contribution in [3.63, 3.8) is 0 Å². The number of benzene rings is 1. The summed E-state index contributed by atoms with van der Waals surface area (Å²) < 4.78 is 0. The average Bonchev–Trinajstić information content (AvgIpc) is 2.54. The molecule has 0 fully saturated rings. The van der Waals surface area contributed by atoms with E-state index in [0.29, 0.717) is 12.1 Å². The third-order valence-electron chi connectivity index (χ3n) is 3.25. The average molecular weight is 297 g/mol. The predicted octanol–water partition coefficient (Wildman–Crippen LogP) is 2.17. The fourth-order valence-electron chi connectivity index (χ4n) is 2.15. The molecule has 1 aromatic heterocycles. The van der Waals surface area contributed by atoms with Crippen LogP contribution in [0.15, 0.2) is 48.8 Å². The number of aromatic nitrogens is 1. The van der Waals surface area contributed by atoms with E-state index >= 15 is 0 Å². The number of amides is 2. The first-order valence-corrected chi connectivity index (χ1v) is 7.17. The number of carbonyl (C=O) groups excluding carboxylic acids is 2. The van der Waals surface area contributed by atoms with E-state index in [0.717, 1.165) is 11.3 Å². The molecule has 0 spiro atoms. The quantitative estimate of drug-likeness (QED) is 0.920. The van der Waals surface area contributed by atoms with Crippen molar-refractivity contribution < 1.29 is 9.59 Å². The van der Waals surface area contributed by atoms with Crippen LogP contribution in [-0.4, -0.2) is 29.9 Å². The van der Waals surface area contributed by atoms with Crippen molar-refractivity contribution in [1.82, 2.24) is 10.3 Å². The Morgan fingerprint density at radius 1 is 1.23 bits per heavy atom. The van der Waals surface area contributed by atoms with Gasteiger partial charge >= 0.3 is 0 Å². The van der Waals surface area contributed by atoms with Crippen molar-refractivity contribution in [2.24, 2.45) is 0 Å². The Morgan fingerprint density at radius 2 is 2.05 bits per heavy atom. The number of aryl methyl sites for hydroxylation is 1. The number of nitrogens with zero attached hydrogens (tertiary/aromatic N) is 2. The number of carbonyl (C=O) groups is 2. The molecule has 1 N–H and O–H groups in total. The summed E-state index contributed by atoms with van der Waals surface area (Å²) in [5.41, 5.74) is 2.36. The Bertz CT molecular complexity index is 656. The van der Waals surface area contributed by atoms with E-state index in [9.17, 15) is 9.59 Å². The summed E-state index contributed by atoms with van der Waals surface area (Å²) in [4.78, 5) is 29.8. The summed E-state index contributed by atoms with van der Waals surface area (Å²) in [5, 5.41) is 2.63. The van der Waals surface area contributed by atoms with E-state index in [1.54, 1.807) is 23.2 Å². The van der Waals surface area contributed by atoms with Gasteiger partial charge in [0.15, 0.2) is 0 Å². The Morgan fingerprint density at radius 3 is 2.68 bits per heavy atom. The fourth-order valence-corrected chi connectivity index (χ4v) is 2.15. The van der Waals surface area contributed by atoms with Gasteiger partial charge in [-0.15, -0.1) is 0 Å². The molecule has 5 heteroatoms. The molecule has 0 aliphatic carbocycles. The van der Waals surface area contributed by atoms with Crippen LogP contribution in [0.5, 0.6) is 0 Å². The van der Waals surface area contributed by atoms with Gasteiger partial charge in [0.25, 0.3) is 5.91 Å². The number of hydrogen-bond donors (Lipinski definition) is 1. The van der Waals surface area contributed by atoms with Crippen LogP contribution in [0.3, 0.4) is 0 Å². The molecule has 0 atom stereocenters. The zero-order valence-electron chi connectivity index (χ0n) is 12.7. The molecule has 114 valence electrons. The topological polar surface area (TPSA) is 62.3 Å². The summed E-state index contributed by atoms with van der Waals surface area (Å²) in [6.07, 6.45) is 3.07. The minimum absolute atomic E-state index is 0.0461. The second kappa shape index (κ2) is 7.36. The maximum atomic E-state index is 12.3. The highest BCUT2D eigenvalue weighted by molar-refractivity contribution is 6.00. The number of hydrogen-bond acceptors (Lipinski definition) is 3.